The van der Waals surface area contributed by atoms with Crippen molar-refractivity contribution < 1.29 is 19.1 Å². The van der Waals surface area contributed by atoms with Gasteiger partial charge in [-0.3, -0.25) is 4.79 Å². The molecule has 5 heteroatoms. The molecule has 0 heterocycles. The number of hydrogen-bond acceptors (Lipinski definition) is 4. The molecule has 0 fully saturated rings. The van der Waals surface area contributed by atoms with Crippen LogP contribution in [0.2, 0.25) is 0 Å². The van der Waals surface area contributed by atoms with Gasteiger partial charge in [-0.05, 0) is 44.5 Å². The van der Waals surface area contributed by atoms with E-state index in [1.165, 1.54) is 14.0 Å². The Kier molecular flexibility index (Phi) is 5.58. The molecule has 0 radical (unpaired) electrons. The van der Waals surface area contributed by atoms with Gasteiger partial charge >= 0.3 is 5.97 Å². The topological polar surface area (TPSA) is 64.6 Å². The highest BCUT2D eigenvalue weighted by Gasteiger charge is 2.21. The molecule has 24 heavy (non-hydrogen) atoms. The number of ether oxygens (including phenoxy) is 2. The van der Waals surface area contributed by atoms with E-state index >= 15 is 0 Å². The number of benzene rings is 2. The molecule has 2 rings (SSSR count). The standard InChI is InChI=1S/C19H21NO4/c1-12-9-10-15(13(2)11-12)19(22)24-14(3)18(21)20-16-7-5-6-8-17(16)23-4/h5-11,14H,1-4H3,(H,20,21). The van der Waals surface area contributed by atoms with Gasteiger partial charge in [0, 0.05) is 0 Å². The average molecular weight is 327 g/mol. The van der Waals surface area contributed by atoms with Crippen LogP contribution in [-0.4, -0.2) is 25.1 Å². The fourth-order valence-corrected chi connectivity index (χ4v) is 2.30. The lowest BCUT2D eigenvalue weighted by Crippen LogP contribution is -2.30. The van der Waals surface area contributed by atoms with Gasteiger partial charge in [0.1, 0.15) is 5.75 Å². The van der Waals surface area contributed by atoms with Crippen LogP contribution in [0.5, 0.6) is 5.75 Å². The number of methoxy groups -OCH3 is 1. The molecule has 0 saturated carbocycles. The molecular formula is C19H21NO4. The van der Waals surface area contributed by atoms with Crippen LogP contribution in [0, 0.1) is 13.8 Å². The highest BCUT2D eigenvalue weighted by atomic mass is 16.5. The third-order valence-electron chi connectivity index (χ3n) is 3.62. The molecular weight excluding hydrogens is 306 g/mol. The Morgan fingerprint density at radius 3 is 2.46 bits per heavy atom. The van der Waals surface area contributed by atoms with E-state index < -0.39 is 18.0 Å². The fraction of sp³-hybridized carbons (Fsp3) is 0.263. The summed E-state index contributed by atoms with van der Waals surface area (Å²) in [6.07, 6.45) is -0.928. The second kappa shape index (κ2) is 7.64. The number of aryl methyl sites for hydroxylation is 2. The number of hydrogen-bond donors (Lipinski definition) is 1. The highest BCUT2D eigenvalue weighted by Crippen LogP contribution is 2.23. The minimum atomic E-state index is -0.928. The zero-order valence-corrected chi connectivity index (χ0v) is 14.3. The number of anilines is 1. The Hall–Kier alpha value is -2.82. The first-order valence-corrected chi connectivity index (χ1v) is 7.64. The van der Waals surface area contributed by atoms with Crippen molar-refractivity contribution in [3.63, 3.8) is 0 Å². The molecule has 0 aliphatic carbocycles. The summed E-state index contributed by atoms with van der Waals surface area (Å²) >= 11 is 0. The summed E-state index contributed by atoms with van der Waals surface area (Å²) in [5.74, 6) is -0.397. The first kappa shape index (κ1) is 17.5. The van der Waals surface area contributed by atoms with Crippen LogP contribution in [0.25, 0.3) is 0 Å². The Labute approximate surface area is 141 Å². The van der Waals surface area contributed by atoms with Crippen molar-refractivity contribution >= 4 is 17.6 Å². The molecule has 1 amide bonds. The van der Waals surface area contributed by atoms with Crippen molar-refractivity contribution in [2.24, 2.45) is 0 Å². The van der Waals surface area contributed by atoms with E-state index in [-0.39, 0.29) is 0 Å². The average Bonchev–Trinajstić information content (AvgIpc) is 2.55. The van der Waals surface area contributed by atoms with Crippen LogP contribution in [0.1, 0.15) is 28.4 Å². The Bertz CT molecular complexity index is 755. The molecule has 0 bridgehead atoms. The van der Waals surface area contributed by atoms with Gasteiger partial charge in [0.15, 0.2) is 6.10 Å². The van der Waals surface area contributed by atoms with E-state index in [4.69, 9.17) is 9.47 Å². The monoisotopic (exact) mass is 327 g/mol. The molecule has 1 unspecified atom stereocenters. The third kappa shape index (κ3) is 4.13. The summed E-state index contributed by atoms with van der Waals surface area (Å²) in [5.41, 5.74) is 2.86. The Balaban J connectivity index is 2.04. The molecule has 0 aliphatic rings. The molecule has 5 nitrogen and oxygen atoms in total. The van der Waals surface area contributed by atoms with Gasteiger partial charge in [-0.1, -0.05) is 29.8 Å². The Morgan fingerprint density at radius 2 is 1.79 bits per heavy atom. The van der Waals surface area contributed by atoms with Crippen molar-refractivity contribution in [1.82, 2.24) is 0 Å². The smallest absolute Gasteiger partial charge is 0.339 e. The number of carbonyl (C=O) groups is 2. The molecule has 0 aliphatic heterocycles. The van der Waals surface area contributed by atoms with E-state index in [0.717, 1.165) is 11.1 Å². The predicted molar refractivity (Wildman–Crippen MR) is 92.4 cm³/mol. The maximum atomic E-state index is 12.2. The van der Waals surface area contributed by atoms with Gasteiger partial charge in [-0.25, -0.2) is 4.79 Å². The van der Waals surface area contributed by atoms with Crippen molar-refractivity contribution in [3.05, 3.63) is 59.2 Å². The lowest BCUT2D eigenvalue weighted by Gasteiger charge is -2.16. The predicted octanol–water partition coefficient (Wildman–Crippen LogP) is 3.50. The maximum Gasteiger partial charge on any atom is 0.339 e. The molecule has 2 aromatic rings. The maximum absolute atomic E-state index is 12.2. The van der Waals surface area contributed by atoms with Gasteiger partial charge < -0.3 is 14.8 Å². The van der Waals surface area contributed by atoms with Crippen molar-refractivity contribution in [2.75, 3.05) is 12.4 Å². The molecule has 126 valence electrons. The third-order valence-corrected chi connectivity index (χ3v) is 3.62. The normalized spacial score (nSPS) is 11.5. The molecule has 0 saturated heterocycles. The van der Waals surface area contributed by atoms with E-state index in [2.05, 4.69) is 5.32 Å². The SMILES string of the molecule is COc1ccccc1NC(=O)C(C)OC(=O)c1ccc(C)cc1C. The lowest BCUT2D eigenvalue weighted by atomic mass is 10.1. The summed E-state index contributed by atoms with van der Waals surface area (Å²) in [6, 6.07) is 12.5. The first-order chi connectivity index (χ1) is 11.4. The quantitative estimate of drug-likeness (QED) is 0.854. The van der Waals surface area contributed by atoms with E-state index in [1.54, 1.807) is 30.3 Å². The fourth-order valence-electron chi connectivity index (χ4n) is 2.30. The number of nitrogens with one attached hydrogen (secondary N) is 1. The van der Waals surface area contributed by atoms with Gasteiger partial charge in [-0.2, -0.15) is 0 Å². The van der Waals surface area contributed by atoms with Crippen LogP contribution in [-0.2, 0) is 9.53 Å². The summed E-state index contributed by atoms with van der Waals surface area (Å²) in [7, 11) is 1.52. The van der Waals surface area contributed by atoms with Gasteiger partial charge in [0.05, 0.1) is 18.4 Å². The largest absolute Gasteiger partial charge is 0.495 e. The number of rotatable bonds is 5. The molecule has 0 aromatic heterocycles. The van der Waals surface area contributed by atoms with Crippen LogP contribution in [0.15, 0.2) is 42.5 Å². The van der Waals surface area contributed by atoms with Crippen LogP contribution in [0.4, 0.5) is 5.69 Å². The second-order valence-electron chi connectivity index (χ2n) is 5.56. The summed E-state index contributed by atoms with van der Waals surface area (Å²) in [6.45, 7) is 5.32. The van der Waals surface area contributed by atoms with Gasteiger partial charge in [0.25, 0.3) is 5.91 Å². The molecule has 1 atom stereocenters. The van der Waals surface area contributed by atoms with Crippen molar-refractivity contribution in [2.45, 2.75) is 26.9 Å². The summed E-state index contributed by atoms with van der Waals surface area (Å²) in [5, 5.41) is 2.70. The zero-order chi connectivity index (χ0) is 17.7. The summed E-state index contributed by atoms with van der Waals surface area (Å²) in [4.78, 5) is 24.5. The number of amides is 1. The highest BCUT2D eigenvalue weighted by molar-refractivity contribution is 5.98. The minimum absolute atomic E-state index is 0.419. The molecule has 1 N–H and O–H groups in total. The van der Waals surface area contributed by atoms with E-state index in [1.807, 2.05) is 26.0 Å². The molecule has 2 aromatic carbocycles. The zero-order valence-electron chi connectivity index (χ0n) is 14.3. The number of para-hydroxylation sites is 2. The first-order valence-electron chi connectivity index (χ1n) is 7.64. The Morgan fingerprint density at radius 1 is 1.08 bits per heavy atom. The van der Waals surface area contributed by atoms with Crippen molar-refractivity contribution in [3.8, 4) is 5.75 Å². The van der Waals surface area contributed by atoms with Crippen LogP contribution >= 0.6 is 0 Å². The van der Waals surface area contributed by atoms with Gasteiger partial charge in [-0.15, -0.1) is 0 Å². The molecule has 0 spiro atoms. The second-order valence-corrected chi connectivity index (χ2v) is 5.56. The van der Waals surface area contributed by atoms with Crippen LogP contribution < -0.4 is 10.1 Å². The van der Waals surface area contributed by atoms with Crippen LogP contribution in [0.3, 0.4) is 0 Å². The van der Waals surface area contributed by atoms with E-state index in [0.29, 0.717) is 17.0 Å². The number of esters is 1. The van der Waals surface area contributed by atoms with E-state index in [9.17, 15) is 9.59 Å². The number of carbonyl (C=O) groups excluding carboxylic acids is 2. The summed E-state index contributed by atoms with van der Waals surface area (Å²) < 4.78 is 10.5. The lowest BCUT2D eigenvalue weighted by molar-refractivity contribution is -0.123. The minimum Gasteiger partial charge on any atom is -0.495 e. The van der Waals surface area contributed by atoms with Crippen molar-refractivity contribution in [1.29, 1.82) is 0 Å². The van der Waals surface area contributed by atoms with Gasteiger partial charge in [0.2, 0.25) is 0 Å².